The molecule has 74 valence electrons. The summed E-state index contributed by atoms with van der Waals surface area (Å²) >= 11 is 0. The Morgan fingerprint density at radius 2 is 2.29 bits per heavy atom. The fourth-order valence-electron chi connectivity index (χ4n) is 2.12. The molecule has 3 nitrogen and oxygen atoms in total. The molecular formula is C11H13NO2. The Balaban J connectivity index is 2.47. The van der Waals surface area contributed by atoms with Gasteiger partial charge < -0.3 is 5.11 Å². The van der Waals surface area contributed by atoms with E-state index < -0.39 is 11.4 Å². The molecule has 0 saturated heterocycles. The zero-order valence-electron chi connectivity index (χ0n) is 8.16. The monoisotopic (exact) mass is 191 g/mol. The first kappa shape index (κ1) is 9.19. The number of hydrogen-bond acceptors (Lipinski definition) is 2. The lowest BCUT2D eigenvalue weighted by Crippen LogP contribution is -2.43. The third-order valence-electron chi connectivity index (χ3n) is 3.14. The van der Waals surface area contributed by atoms with Gasteiger partial charge in [0.15, 0.2) is 0 Å². The van der Waals surface area contributed by atoms with Gasteiger partial charge in [0.1, 0.15) is 0 Å². The van der Waals surface area contributed by atoms with Crippen LogP contribution in [-0.4, -0.2) is 16.1 Å². The predicted octanol–water partition coefficient (Wildman–Crippen LogP) is 1.90. The summed E-state index contributed by atoms with van der Waals surface area (Å²) in [5.74, 6) is -0.708. The number of aromatic nitrogens is 1. The minimum absolute atomic E-state index is 0.641. The van der Waals surface area contributed by atoms with Gasteiger partial charge in [-0.3, -0.25) is 9.78 Å². The summed E-state index contributed by atoms with van der Waals surface area (Å²) in [6, 6.07) is 3.70. The van der Waals surface area contributed by atoms with Crippen LogP contribution in [0.5, 0.6) is 0 Å². The van der Waals surface area contributed by atoms with Gasteiger partial charge in [0.25, 0.3) is 0 Å². The molecule has 1 heterocycles. The van der Waals surface area contributed by atoms with E-state index in [1.54, 1.807) is 6.20 Å². The molecule has 0 spiro atoms. The van der Waals surface area contributed by atoms with Crippen molar-refractivity contribution in [3.05, 3.63) is 29.6 Å². The van der Waals surface area contributed by atoms with Crippen LogP contribution in [0.25, 0.3) is 0 Å². The number of carbonyl (C=O) groups is 1. The molecule has 14 heavy (non-hydrogen) atoms. The summed E-state index contributed by atoms with van der Waals surface area (Å²) in [6.45, 7) is 1.87. The lowest BCUT2D eigenvalue weighted by atomic mass is 9.64. The Morgan fingerprint density at radius 3 is 2.71 bits per heavy atom. The maximum Gasteiger partial charge on any atom is 0.314 e. The van der Waals surface area contributed by atoms with Gasteiger partial charge in [0, 0.05) is 11.9 Å². The molecule has 0 amide bonds. The summed E-state index contributed by atoms with van der Waals surface area (Å²) in [4.78, 5) is 15.4. The lowest BCUT2D eigenvalue weighted by molar-refractivity contribution is -0.147. The first-order valence-corrected chi connectivity index (χ1v) is 4.82. The molecule has 1 aromatic rings. The molecule has 0 unspecified atom stereocenters. The highest BCUT2D eigenvalue weighted by Crippen LogP contribution is 2.44. The van der Waals surface area contributed by atoms with Gasteiger partial charge in [0.2, 0.25) is 0 Å². The van der Waals surface area contributed by atoms with Crippen molar-refractivity contribution in [1.29, 1.82) is 0 Å². The number of carboxylic acid groups (broad SMARTS) is 1. The first-order valence-electron chi connectivity index (χ1n) is 4.82. The minimum atomic E-state index is -0.708. The van der Waals surface area contributed by atoms with Gasteiger partial charge in [-0.25, -0.2) is 0 Å². The summed E-state index contributed by atoms with van der Waals surface area (Å²) in [7, 11) is 0. The van der Waals surface area contributed by atoms with E-state index in [1.807, 2.05) is 19.1 Å². The van der Waals surface area contributed by atoms with Crippen LogP contribution in [0.4, 0.5) is 0 Å². The number of hydrogen-bond donors (Lipinski definition) is 1. The molecule has 1 aliphatic carbocycles. The lowest BCUT2D eigenvalue weighted by Gasteiger charge is -2.38. The quantitative estimate of drug-likeness (QED) is 0.776. The van der Waals surface area contributed by atoms with E-state index in [0.29, 0.717) is 0 Å². The predicted molar refractivity (Wildman–Crippen MR) is 52.1 cm³/mol. The highest BCUT2D eigenvalue weighted by Gasteiger charge is 2.46. The molecule has 0 bridgehead atoms. The van der Waals surface area contributed by atoms with Crippen molar-refractivity contribution < 1.29 is 9.90 Å². The molecule has 0 atom stereocenters. The van der Waals surface area contributed by atoms with Crippen LogP contribution >= 0.6 is 0 Å². The van der Waals surface area contributed by atoms with Gasteiger partial charge in [-0.2, -0.15) is 0 Å². The fraction of sp³-hybridized carbons (Fsp3) is 0.455. The molecule has 1 N–H and O–H groups in total. The zero-order valence-corrected chi connectivity index (χ0v) is 8.16. The molecular weight excluding hydrogens is 178 g/mol. The zero-order chi connectivity index (χ0) is 10.2. The molecule has 1 aromatic heterocycles. The Morgan fingerprint density at radius 1 is 1.57 bits per heavy atom. The third kappa shape index (κ3) is 1.12. The highest BCUT2D eigenvalue weighted by molar-refractivity contribution is 5.82. The Kier molecular flexibility index (Phi) is 2.02. The van der Waals surface area contributed by atoms with Crippen molar-refractivity contribution >= 4 is 5.97 Å². The molecule has 1 saturated carbocycles. The summed E-state index contributed by atoms with van der Waals surface area (Å²) in [5, 5.41) is 9.23. The van der Waals surface area contributed by atoms with Crippen molar-refractivity contribution in [3.8, 4) is 0 Å². The van der Waals surface area contributed by atoms with Crippen LogP contribution in [0, 0.1) is 6.92 Å². The topological polar surface area (TPSA) is 50.2 Å². The summed E-state index contributed by atoms with van der Waals surface area (Å²) in [5.41, 5.74) is 1.09. The smallest absolute Gasteiger partial charge is 0.314 e. The largest absolute Gasteiger partial charge is 0.481 e. The van der Waals surface area contributed by atoms with Crippen LogP contribution in [0.15, 0.2) is 18.3 Å². The van der Waals surface area contributed by atoms with E-state index >= 15 is 0 Å². The second-order valence-electron chi connectivity index (χ2n) is 3.88. The van der Waals surface area contributed by atoms with Crippen LogP contribution in [0.2, 0.25) is 0 Å². The van der Waals surface area contributed by atoms with Crippen molar-refractivity contribution in [2.75, 3.05) is 0 Å². The van der Waals surface area contributed by atoms with Crippen molar-refractivity contribution in [3.63, 3.8) is 0 Å². The normalized spacial score (nSPS) is 18.6. The van der Waals surface area contributed by atoms with E-state index in [4.69, 9.17) is 0 Å². The standard InChI is InChI=1S/C11H13NO2/c1-8-9(4-2-7-12-8)11(10(13)14)5-3-6-11/h2,4,7H,3,5-6H2,1H3,(H,13,14). The van der Waals surface area contributed by atoms with Crippen LogP contribution < -0.4 is 0 Å². The molecule has 3 heteroatoms. The van der Waals surface area contributed by atoms with Crippen molar-refractivity contribution in [1.82, 2.24) is 4.98 Å². The van der Waals surface area contributed by atoms with Gasteiger partial charge >= 0.3 is 5.97 Å². The summed E-state index contributed by atoms with van der Waals surface area (Å²) < 4.78 is 0. The van der Waals surface area contributed by atoms with Crippen LogP contribution in [0.1, 0.15) is 30.5 Å². The molecule has 0 radical (unpaired) electrons. The minimum Gasteiger partial charge on any atom is -0.481 e. The van der Waals surface area contributed by atoms with Crippen molar-refractivity contribution in [2.24, 2.45) is 0 Å². The number of carboxylic acids is 1. The highest BCUT2D eigenvalue weighted by atomic mass is 16.4. The van der Waals surface area contributed by atoms with Crippen LogP contribution in [-0.2, 0) is 10.2 Å². The van der Waals surface area contributed by atoms with Gasteiger partial charge in [-0.15, -0.1) is 0 Å². The van der Waals surface area contributed by atoms with E-state index in [2.05, 4.69) is 4.98 Å². The Bertz CT molecular complexity index is 369. The van der Waals surface area contributed by atoms with E-state index in [9.17, 15) is 9.90 Å². The summed E-state index contributed by atoms with van der Waals surface area (Å²) in [6.07, 6.45) is 4.19. The molecule has 2 rings (SSSR count). The van der Waals surface area contributed by atoms with Crippen molar-refractivity contribution in [2.45, 2.75) is 31.6 Å². The number of pyridine rings is 1. The molecule has 1 aliphatic rings. The second kappa shape index (κ2) is 3.08. The van der Waals surface area contributed by atoms with E-state index in [-0.39, 0.29) is 0 Å². The number of nitrogens with zero attached hydrogens (tertiary/aromatic N) is 1. The Hall–Kier alpha value is -1.38. The SMILES string of the molecule is Cc1ncccc1C1(C(=O)O)CCC1. The maximum absolute atomic E-state index is 11.2. The van der Waals surface area contributed by atoms with Gasteiger partial charge in [-0.05, 0) is 31.4 Å². The second-order valence-corrected chi connectivity index (χ2v) is 3.88. The van der Waals surface area contributed by atoms with E-state index in [1.165, 1.54) is 0 Å². The average molecular weight is 191 g/mol. The Labute approximate surface area is 82.8 Å². The number of aryl methyl sites for hydroxylation is 1. The fourth-order valence-corrected chi connectivity index (χ4v) is 2.12. The number of aliphatic carboxylic acids is 1. The maximum atomic E-state index is 11.2. The third-order valence-corrected chi connectivity index (χ3v) is 3.14. The first-order chi connectivity index (χ1) is 6.67. The van der Waals surface area contributed by atoms with Gasteiger partial charge in [0.05, 0.1) is 5.41 Å². The van der Waals surface area contributed by atoms with Gasteiger partial charge in [-0.1, -0.05) is 12.5 Å². The van der Waals surface area contributed by atoms with E-state index in [0.717, 1.165) is 30.5 Å². The molecule has 0 aliphatic heterocycles. The average Bonchev–Trinajstić information content (AvgIpc) is 2.05. The molecule has 1 fully saturated rings. The van der Waals surface area contributed by atoms with Crippen LogP contribution in [0.3, 0.4) is 0 Å². The molecule has 0 aromatic carbocycles. The number of rotatable bonds is 2.